The number of amidine groups is 1. The molecule has 1 N–H and O–H groups in total. The minimum Gasteiger partial charge on any atom is -0.442 e. The highest BCUT2D eigenvalue weighted by Gasteiger charge is 2.32. The van der Waals surface area contributed by atoms with Gasteiger partial charge in [-0.05, 0) is 48.5 Å². The number of sulfonamides is 1. The highest BCUT2D eigenvalue weighted by atomic mass is 35.5. The van der Waals surface area contributed by atoms with Crippen LogP contribution in [0.1, 0.15) is 15.9 Å². The van der Waals surface area contributed by atoms with Crippen LogP contribution >= 0.6 is 11.6 Å². The van der Waals surface area contributed by atoms with Crippen molar-refractivity contribution >= 4 is 45.1 Å². The van der Waals surface area contributed by atoms with Gasteiger partial charge in [-0.2, -0.15) is 0 Å². The van der Waals surface area contributed by atoms with Crippen LogP contribution in [0, 0.1) is 0 Å². The molecule has 0 radical (unpaired) electrons. The van der Waals surface area contributed by atoms with E-state index in [1.165, 1.54) is 4.90 Å². The largest absolute Gasteiger partial charge is 0.442 e. The third-order valence-corrected chi connectivity index (χ3v) is 5.34. The molecule has 11 heteroatoms. The van der Waals surface area contributed by atoms with Crippen molar-refractivity contribution in [3.63, 3.8) is 0 Å². The molecule has 0 aromatic heterocycles. The number of carbonyl (C=O) groups is 2. The van der Waals surface area contributed by atoms with Gasteiger partial charge < -0.3 is 15.0 Å². The Morgan fingerprint density at radius 2 is 1.75 bits per heavy atom. The van der Waals surface area contributed by atoms with Crippen LogP contribution in [-0.2, 0) is 14.8 Å². The van der Waals surface area contributed by atoms with Crippen molar-refractivity contribution in [3.8, 4) is 0 Å². The Balaban J connectivity index is 1.65. The molecular weight excluding hydrogens is 456 g/mol. The van der Waals surface area contributed by atoms with Crippen LogP contribution in [0.25, 0.3) is 0 Å². The van der Waals surface area contributed by atoms with Gasteiger partial charge in [-0.25, -0.2) is 13.2 Å². The van der Waals surface area contributed by atoms with Crippen molar-refractivity contribution in [1.82, 2.24) is 10.2 Å². The molecule has 1 aliphatic rings. The normalized spacial score (nSPS) is 16.6. The van der Waals surface area contributed by atoms with Crippen molar-refractivity contribution in [2.24, 2.45) is 4.40 Å². The van der Waals surface area contributed by atoms with Crippen LogP contribution in [0.15, 0.2) is 52.9 Å². The van der Waals surface area contributed by atoms with Gasteiger partial charge >= 0.3 is 6.09 Å². The van der Waals surface area contributed by atoms with E-state index < -0.39 is 22.2 Å². The first-order valence-corrected chi connectivity index (χ1v) is 11.9. The number of nitrogens with zero attached hydrogens (tertiary/aromatic N) is 3. The topological polar surface area (TPSA) is 108 Å². The number of carbonyl (C=O) groups excluding carboxylic acids is 2. The molecule has 1 atom stereocenters. The van der Waals surface area contributed by atoms with Crippen LogP contribution in [0.3, 0.4) is 0 Å². The molecule has 1 fully saturated rings. The van der Waals surface area contributed by atoms with E-state index in [0.29, 0.717) is 21.8 Å². The summed E-state index contributed by atoms with van der Waals surface area (Å²) in [6, 6.07) is 13.2. The first-order valence-electron chi connectivity index (χ1n) is 9.63. The van der Waals surface area contributed by atoms with Gasteiger partial charge in [-0.1, -0.05) is 11.6 Å². The molecule has 0 spiro atoms. The highest BCUT2D eigenvalue weighted by molar-refractivity contribution is 7.89. The SMILES string of the molecule is CN(C)/C(=N\S(C)(=O)=O)c1ccc(N2CC(CNC(=O)c3ccc(Cl)cc3)OC2=O)cc1. The Hall–Kier alpha value is -3.11. The molecule has 2 aromatic carbocycles. The van der Waals surface area contributed by atoms with Crippen molar-refractivity contribution in [2.75, 3.05) is 38.3 Å². The van der Waals surface area contributed by atoms with Crippen molar-refractivity contribution in [2.45, 2.75) is 6.10 Å². The zero-order chi connectivity index (χ0) is 23.5. The van der Waals surface area contributed by atoms with E-state index in [2.05, 4.69) is 9.71 Å². The maximum atomic E-state index is 12.3. The second-order valence-electron chi connectivity index (χ2n) is 7.42. The van der Waals surface area contributed by atoms with Gasteiger partial charge in [0.1, 0.15) is 11.9 Å². The Morgan fingerprint density at radius 3 is 2.31 bits per heavy atom. The molecule has 2 aromatic rings. The molecular formula is C21H23ClN4O5S. The van der Waals surface area contributed by atoms with Gasteiger partial charge in [-0.3, -0.25) is 9.69 Å². The molecule has 9 nitrogen and oxygen atoms in total. The lowest BCUT2D eigenvalue weighted by molar-refractivity contribution is 0.0916. The first kappa shape index (κ1) is 23.6. The Kier molecular flexibility index (Phi) is 7.05. The van der Waals surface area contributed by atoms with E-state index in [4.69, 9.17) is 16.3 Å². The maximum Gasteiger partial charge on any atom is 0.414 e. The Labute approximate surface area is 191 Å². The molecule has 1 heterocycles. The number of halogens is 1. The van der Waals surface area contributed by atoms with E-state index >= 15 is 0 Å². The van der Waals surface area contributed by atoms with Gasteiger partial charge in [0.2, 0.25) is 0 Å². The average Bonchev–Trinajstić information content (AvgIpc) is 3.10. The van der Waals surface area contributed by atoms with E-state index in [1.807, 2.05) is 0 Å². The molecule has 0 aliphatic carbocycles. The van der Waals surface area contributed by atoms with Gasteiger partial charge in [0.05, 0.1) is 19.3 Å². The fraction of sp³-hybridized carbons (Fsp3) is 0.286. The van der Waals surface area contributed by atoms with Gasteiger partial charge in [0, 0.05) is 35.9 Å². The average molecular weight is 479 g/mol. The Bertz CT molecular complexity index is 1130. The third kappa shape index (κ3) is 5.98. The number of hydrogen-bond donors (Lipinski definition) is 1. The third-order valence-electron chi connectivity index (χ3n) is 4.58. The standard InChI is InChI=1S/C21H23ClN4O5S/c1-25(2)19(24-32(3,29)30)14-6-10-17(11-7-14)26-13-18(31-21(26)28)12-23-20(27)15-4-8-16(22)9-5-15/h4-11,18H,12-13H2,1-3H3,(H,23,27)/b24-19-. The van der Waals surface area contributed by atoms with Gasteiger partial charge in [0.25, 0.3) is 15.9 Å². The number of cyclic esters (lactones) is 1. The Morgan fingerprint density at radius 1 is 1.16 bits per heavy atom. The molecule has 2 amide bonds. The molecule has 1 aliphatic heterocycles. The maximum absolute atomic E-state index is 12.3. The van der Waals surface area contributed by atoms with Crippen LogP contribution in [0.5, 0.6) is 0 Å². The minimum absolute atomic E-state index is 0.160. The monoisotopic (exact) mass is 478 g/mol. The summed E-state index contributed by atoms with van der Waals surface area (Å²) >= 11 is 5.83. The zero-order valence-corrected chi connectivity index (χ0v) is 19.4. The summed E-state index contributed by atoms with van der Waals surface area (Å²) in [6.45, 7) is 0.421. The molecule has 0 saturated carbocycles. The van der Waals surface area contributed by atoms with Crippen LogP contribution in [0.2, 0.25) is 5.02 Å². The van der Waals surface area contributed by atoms with Crippen LogP contribution in [-0.4, -0.2) is 70.7 Å². The summed E-state index contributed by atoms with van der Waals surface area (Å²) in [5.41, 5.74) is 1.63. The van der Waals surface area contributed by atoms with Gasteiger partial charge in [-0.15, -0.1) is 4.40 Å². The summed E-state index contributed by atoms with van der Waals surface area (Å²) in [6.07, 6.45) is -0.0135. The second kappa shape index (κ2) is 9.58. The highest BCUT2D eigenvalue weighted by Crippen LogP contribution is 2.22. The summed E-state index contributed by atoms with van der Waals surface area (Å²) in [7, 11) is -0.187. The number of benzene rings is 2. The summed E-state index contributed by atoms with van der Waals surface area (Å²) in [5.74, 6) is -0.00673. The quantitative estimate of drug-likeness (QED) is 0.504. The molecule has 32 heavy (non-hydrogen) atoms. The smallest absolute Gasteiger partial charge is 0.414 e. The summed E-state index contributed by atoms with van der Waals surface area (Å²) in [5, 5.41) is 3.28. The number of hydrogen-bond acceptors (Lipinski definition) is 5. The van der Waals surface area contributed by atoms with Crippen molar-refractivity contribution in [1.29, 1.82) is 0 Å². The molecule has 170 valence electrons. The number of amides is 2. The van der Waals surface area contributed by atoms with E-state index in [-0.39, 0.29) is 24.8 Å². The number of ether oxygens (including phenoxy) is 1. The predicted octanol–water partition coefficient (Wildman–Crippen LogP) is 2.36. The summed E-state index contributed by atoms with van der Waals surface area (Å²) in [4.78, 5) is 27.6. The zero-order valence-electron chi connectivity index (χ0n) is 17.8. The summed E-state index contributed by atoms with van der Waals surface area (Å²) < 4.78 is 32.3. The second-order valence-corrected chi connectivity index (χ2v) is 9.51. The van der Waals surface area contributed by atoms with E-state index in [9.17, 15) is 18.0 Å². The number of anilines is 1. The molecule has 1 saturated heterocycles. The van der Waals surface area contributed by atoms with E-state index in [0.717, 1.165) is 6.26 Å². The first-order chi connectivity index (χ1) is 15.0. The molecule has 0 bridgehead atoms. The van der Waals surface area contributed by atoms with Crippen molar-refractivity contribution in [3.05, 3.63) is 64.7 Å². The fourth-order valence-corrected chi connectivity index (χ4v) is 3.80. The minimum atomic E-state index is -3.57. The number of rotatable bonds is 6. The fourth-order valence-electron chi connectivity index (χ4n) is 3.09. The molecule has 3 rings (SSSR count). The molecule has 1 unspecified atom stereocenters. The van der Waals surface area contributed by atoms with Crippen LogP contribution in [0.4, 0.5) is 10.5 Å². The lowest BCUT2D eigenvalue weighted by atomic mass is 10.1. The number of nitrogens with one attached hydrogen (secondary N) is 1. The van der Waals surface area contributed by atoms with Crippen LogP contribution < -0.4 is 10.2 Å². The predicted molar refractivity (Wildman–Crippen MR) is 123 cm³/mol. The van der Waals surface area contributed by atoms with Crippen molar-refractivity contribution < 1.29 is 22.7 Å². The lowest BCUT2D eigenvalue weighted by Crippen LogP contribution is -2.34. The lowest BCUT2D eigenvalue weighted by Gasteiger charge is -2.17. The van der Waals surface area contributed by atoms with E-state index in [1.54, 1.807) is 67.5 Å². The van der Waals surface area contributed by atoms with Gasteiger partial charge in [0.15, 0.2) is 0 Å².